The van der Waals surface area contributed by atoms with E-state index in [-0.39, 0.29) is 0 Å². The maximum Gasteiger partial charge on any atom is 0.161 e. The molecule has 0 aliphatic rings. The number of aromatic nitrogens is 2. The van der Waals surface area contributed by atoms with Crippen LogP contribution in [0.25, 0.3) is 11.4 Å². The average molecular weight is 395 g/mol. The summed E-state index contributed by atoms with van der Waals surface area (Å²) in [7, 11) is 0. The molecular formula is C17H22IN3. The first-order valence-electron chi connectivity index (χ1n) is 7.30. The van der Waals surface area contributed by atoms with Gasteiger partial charge in [0.25, 0.3) is 0 Å². The van der Waals surface area contributed by atoms with Crippen LogP contribution in [0, 0.1) is 9.49 Å². The minimum atomic E-state index is 0.334. The lowest BCUT2D eigenvalue weighted by molar-refractivity contribution is 0.647. The van der Waals surface area contributed by atoms with Gasteiger partial charge in [-0.3, -0.25) is 0 Å². The Labute approximate surface area is 140 Å². The van der Waals surface area contributed by atoms with E-state index in [2.05, 4.69) is 79.5 Å². The molecule has 21 heavy (non-hydrogen) atoms. The van der Waals surface area contributed by atoms with Gasteiger partial charge in [-0.2, -0.15) is 0 Å². The molecule has 112 valence electrons. The number of nitrogens with zero attached hydrogens (tertiary/aromatic N) is 2. The lowest BCUT2D eigenvalue weighted by Crippen LogP contribution is -2.06. The number of anilines is 1. The van der Waals surface area contributed by atoms with Crippen molar-refractivity contribution in [3.8, 4) is 11.4 Å². The summed E-state index contributed by atoms with van der Waals surface area (Å²) in [5, 5.41) is 0. The van der Waals surface area contributed by atoms with Crippen molar-refractivity contribution in [1.29, 1.82) is 0 Å². The largest absolute Gasteiger partial charge is 0.383 e. The molecule has 0 aliphatic carbocycles. The smallest absolute Gasteiger partial charge is 0.161 e. The molecule has 4 heteroatoms. The minimum absolute atomic E-state index is 0.334. The molecule has 0 spiro atoms. The van der Waals surface area contributed by atoms with Gasteiger partial charge in [-0.1, -0.05) is 52.0 Å². The van der Waals surface area contributed by atoms with Gasteiger partial charge in [0.1, 0.15) is 5.82 Å². The van der Waals surface area contributed by atoms with Crippen molar-refractivity contribution in [2.45, 2.75) is 40.0 Å². The number of nitrogen functional groups attached to an aromatic ring is 1. The Morgan fingerprint density at radius 3 is 2.19 bits per heavy atom. The summed E-state index contributed by atoms with van der Waals surface area (Å²) in [5.74, 6) is 2.28. The van der Waals surface area contributed by atoms with Crippen molar-refractivity contribution in [2.24, 2.45) is 5.92 Å². The van der Waals surface area contributed by atoms with Crippen LogP contribution in [0.5, 0.6) is 0 Å². The average Bonchev–Trinajstić information content (AvgIpc) is 2.41. The van der Waals surface area contributed by atoms with Crippen LogP contribution >= 0.6 is 22.6 Å². The molecule has 0 saturated carbocycles. The fraction of sp³-hybridized carbons (Fsp3) is 0.412. The number of rotatable bonds is 4. The Balaban J connectivity index is 2.38. The van der Waals surface area contributed by atoms with Crippen molar-refractivity contribution in [1.82, 2.24) is 9.97 Å². The first-order valence-corrected chi connectivity index (χ1v) is 8.38. The Hall–Kier alpha value is -1.17. The van der Waals surface area contributed by atoms with Gasteiger partial charge in [-0.05, 0) is 46.4 Å². The van der Waals surface area contributed by atoms with Gasteiger partial charge < -0.3 is 5.73 Å². The first kappa shape index (κ1) is 16.2. The van der Waals surface area contributed by atoms with Crippen LogP contribution in [-0.2, 0) is 6.42 Å². The zero-order valence-electron chi connectivity index (χ0n) is 13.0. The summed E-state index contributed by atoms with van der Waals surface area (Å²) < 4.78 is 0.961. The van der Waals surface area contributed by atoms with Gasteiger partial charge in [-0.15, -0.1) is 0 Å². The highest BCUT2D eigenvalue weighted by atomic mass is 127. The Morgan fingerprint density at radius 1 is 1.05 bits per heavy atom. The highest BCUT2D eigenvalue weighted by Crippen LogP contribution is 2.27. The summed E-state index contributed by atoms with van der Waals surface area (Å²) >= 11 is 2.22. The van der Waals surface area contributed by atoms with E-state index in [9.17, 15) is 0 Å². The second-order valence-electron chi connectivity index (χ2n) is 6.08. The number of benzene rings is 1. The summed E-state index contributed by atoms with van der Waals surface area (Å²) in [6, 6.07) is 8.48. The second-order valence-corrected chi connectivity index (χ2v) is 7.16. The molecule has 0 aliphatic heterocycles. The zero-order chi connectivity index (χ0) is 15.6. The van der Waals surface area contributed by atoms with E-state index in [0.717, 1.165) is 21.2 Å². The molecule has 0 atom stereocenters. The molecular weight excluding hydrogens is 373 g/mol. The number of nitrogens with two attached hydrogens (primary N) is 1. The predicted octanol–water partition coefficient (Wildman–Crippen LogP) is 4.65. The minimum Gasteiger partial charge on any atom is -0.383 e. The summed E-state index contributed by atoms with van der Waals surface area (Å²) in [4.78, 5) is 9.13. The van der Waals surface area contributed by atoms with Gasteiger partial charge in [0.2, 0.25) is 0 Å². The molecule has 3 nitrogen and oxygen atoms in total. The first-order chi connectivity index (χ1) is 9.88. The molecule has 0 radical (unpaired) electrons. The molecule has 1 aromatic heterocycles. The van der Waals surface area contributed by atoms with E-state index in [1.807, 2.05) is 0 Å². The van der Waals surface area contributed by atoms with Crippen LogP contribution < -0.4 is 5.73 Å². The Bertz CT molecular complexity index is 619. The monoisotopic (exact) mass is 395 g/mol. The molecule has 2 aromatic rings. The molecule has 0 amide bonds. The highest BCUT2D eigenvalue weighted by molar-refractivity contribution is 14.1. The fourth-order valence-electron chi connectivity index (χ4n) is 2.26. The molecule has 2 N–H and O–H groups in total. The van der Waals surface area contributed by atoms with Crippen LogP contribution in [0.1, 0.15) is 44.9 Å². The van der Waals surface area contributed by atoms with E-state index in [1.165, 1.54) is 5.56 Å². The van der Waals surface area contributed by atoms with Gasteiger partial charge in [0.05, 0.1) is 9.26 Å². The quantitative estimate of drug-likeness (QED) is 0.767. The standard InChI is InChI=1S/C17H22IN3/c1-10(2)9-12-5-7-13(8-6-12)17-20-15(11(3)4)14(18)16(19)21-17/h5-8,10-11H,9H2,1-4H3,(H2,19,20,21). The van der Waals surface area contributed by atoms with E-state index >= 15 is 0 Å². The SMILES string of the molecule is CC(C)Cc1ccc(-c2nc(N)c(I)c(C(C)C)n2)cc1. The Kier molecular flexibility index (Phi) is 5.19. The van der Waals surface area contributed by atoms with Crippen LogP contribution in [-0.4, -0.2) is 9.97 Å². The molecule has 1 aromatic carbocycles. The van der Waals surface area contributed by atoms with Gasteiger partial charge >= 0.3 is 0 Å². The Morgan fingerprint density at radius 2 is 1.67 bits per heavy atom. The summed E-state index contributed by atoms with van der Waals surface area (Å²) in [6.07, 6.45) is 1.09. The van der Waals surface area contributed by atoms with Gasteiger partial charge in [-0.25, -0.2) is 9.97 Å². The van der Waals surface area contributed by atoms with Crippen molar-refractivity contribution in [3.63, 3.8) is 0 Å². The van der Waals surface area contributed by atoms with Crippen LogP contribution in [0.4, 0.5) is 5.82 Å². The molecule has 0 bridgehead atoms. The van der Waals surface area contributed by atoms with Crippen molar-refractivity contribution >= 4 is 28.4 Å². The van der Waals surface area contributed by atoms with Crippen LogP contribution in [0.2, 0.25) is 0 Å². The molecule has 1 heterocycles. The van der Waals surface area contributed by atoms with E-state index in [4.69, 9.17) is 10.7 Å². The summed E-state index contributed by atoms with van der Waals surface area (Å²) in [6.45, 7) is 8.70. The molecule has 2 rings (SSSR count). The predicted molar refractivity (Wildman–Crippen MR) is 97.2 cm³/mol. The highest BCUT2D eigenvalue weighted by Gasteiger charge is 2.14. The number of hydrogen-bond acceptors (Lipinski definition) is 3. The second kappa shape index (κ2) is 6.73. The lowest BCUT2D eigenvalue weighted by atomic mass is 10.0. The maximum atomic E-state index is 6.03. The van der Waals surface area contributed by atoms with Crippen LogP contribution in [0.15, 0.2) is 24.3 Å². The topological polar surface area (TPSA) is 51.8 Å². The molecule has 0 fully saturated rings. The number of hydrogen-bond donors (Lipinski definition) is 1. The third-order valence-corrected chi connectivity index (χ3v) is 4.41. The van der Waals surface area contributed by atoms with Crippen molar-refractivity contribution in [3.05, 3.63) is 39.1 Å². The van der Waals surface area contributed by atoms with Crippen molar-refractivity contribution in [2.75, 3.05) is 5.73 Å². The van der Waals surface area contributed by atoms with Crippen molar-refractivity contribution < 1.29 is 0 Å². The van der Waals surface area contributed by atoms with Gasteiger partial charge in [0, 0.05) is 5.56 Å². The number of halogens is 1. The maximum absolute atomic E-state index is 6.03. The van der Waals surface area contributed by atoms with E-state index < -0.39 is 0 Å². The van der Waals surface area contributed by atoms with Gasteiger partial charge in [0.15, 0.2) is 5.82 Å². The van der Waals surface area contributed by atoms with E-state index in [1.54, 1.807) is 0 Å². The molecule has 0 unspecified atom stereocenters. The lowest BCUT2D eigenvalue weighted by Gasteiger charge is -2.12. The summed E-state index contributed by atoms with van der Waals surface area (Å²) in [5.41, 5.74) is 9.42. The third-order valence-electron chi connectivity index (χ3n) is 3.31. The fourth-order valence-corrected chi connectivity index (χ4v) is 3.12. The third kappa shape index (κ3) is 3.93. The normalized spacial score (nSPS) is 11.4. The zero-order valence-corrected chi connectivity index (χ0v) is 15.2. The molecule has 0 saturated heterocycles. The van der Waals surface area contributed by atoms with Crippen LogP contribution in [0.3, 0.4) is 0 Å². The van der Waals surface area contributed by atoms with E-state index in [0.29, 0.717) is 23.5 Å².